The van der Waals surface area contributed by atoms with Crippen molar-refractivity contribution in [3.63, 3.8) is 0 Å². The van der Waals surface area contributed by atoms with Gasteiger partial charge in [0.05, 0.1) is 5.75 Å². The van der Waals surface area contributed by atoms with E-state index in [0.717, 1.165) is 0 Å². The van der Waals surface area contributed by atoms with Gasteiger partial charge in [0.1, 0.15) is 5.15 Å². The van der Waals surface area contributed by atoms with Crippen molar-refractivity contribution in [1.29, 1.82) is 0 Å². The zero-order chi connectivity index (χ0) is 10.8. The van der Waals surface area contributed by atoms with Crippen molar-refractivity contribution in [3.05, 3.63) is 28.0 Å². The fourth-order valence-electron chi connectivity index (χ4n) is 0.852. The van der Waals surface area contributed by atoms with Crippen molar-refractivity contribution < 1.29 is 12.3 Å². The summed E-state index contributed by atoms with van der Waals surface area (Å²) in [7, 11) is -4.47. The monoisotopic (exact) mass is 257 g/mol. The van der Waals surface area contributed by atoms with Crippen molar-refractivity contribution in [1.82, 2.24) is 4.98 Å². The van der Waals surface area contributed by atoms with Crippen LogP contribution in [0, 0.1) is 0 Å². The molecule has 0 spiro atoms. The number of rotatable bonds is 3. The highest BCUT2D eigenvalue weighted by atomic mass is 35.5. The molecule has 0 radical (unpaired) electrons. The molecule has 7 heteroatoms. The number of aryl methyl sites for hydroxylation is 1. The fraction of sp³-hybridized carbons (Fsp3) is 0.286. The maximum absolute atomic E-state index is 12.2. The molecule has 0 aliphatic rings. The van der Waals surface area contributed by atoms with Gasteiger partial charge in [0.2, 0.25) is 0 Å². The quantitative estimate of drug-likeness (QED) is 0.617. The Balaban J connectivity index is 2.78. The molecule has 1 heterocycles. The Morgan fingerprint density at radius 2 is 2.07 bits per heavy atom. The van der Waals surface area contributed by atoms with E-state index in [1.54, 1.807) is 0 Å². The van der Waals surface area contributed by atoms with E-state index in [2.05, 4.69) is 4.98 Å². The summed E-state index contributed by atoms with van der Waals surface area (Å²) in [6.07, 6.45) is 1.32. The first kappa shape index (κ1) is 11.7. The molecule has 0 fully saturated rings. The lowest BCUT2D eigenvalue weighted by molar-refractivity contribution is 0.551. The Morgan fingerprint density at radius 3 is 2.57 bits per heavy atom. The molecule has 1 aromatic heterocycles. The van der Waals surface area contributed by atoms with Crippen LogP contribution in [0.1, 0.15) is 5.56 Å². The van der Waals surface area contributed by atoms with Crippen molar-refractivity contribution >= 4 is 33.4 Å². The lowest BCUT2D eigenvalue weighted by Gasteiger charge is -2.01. The van der Waals surface area contributed by atoms with E-state index >= 15 is 0 Å². The van der Waals surface area contributed by atoms with Gasteiger partial charge in [-0.15, -0.1) is 3.89 Å². The van der Waals surface area contributed by atoms with Gasteiger partial charge < -0.3 is 0 Å². The Labute approximate surface area is 91.1 Å². The topological polar surface area (TPSA) is 47.0 Å². The second-order valence-corrected chi connectivity index (χ2v) is 4.87. The predicted molar refractivity (Wildman–Crippen MR) is 52.9 cm³/mol. The Bertz CT molecular complexity index is 435. The first-order valence-corrected chi connectivity index (χ1v) is 5.91. The third-order valence-electron chi connectivity index (χ3n) is 1.51. The van der Waals surface area contributed by atoms with E-state index < -0.39 is 16.0 Å². The van der Waals surface area contributed by atoms with Crippen LogP contribution >= 0.6 is 23.2 Å². The molecule has 0 bridgehead atoms. The maximum Gasteiger partial charge on any atom is 0.302 e. The number of nitrogens with zero attached hydrogens (tertiary/aromatic N) is 1. The Hall–Kier alpha value is -0.390. The van der Waals surface area contributed by atoms with Gasteiger partial charge in [-0.3, -0.25) is 0 Å². The van der Waals surface area contributed by atoms with Gasteiger partial charge in [0, 0.05) is 11.2 Å². The molecule has 0 aliphatic carbocycles. The predicted octanol–water partition coefficient (Wildman–Crippen LogP) is 2.23. The Kier molecular flexibility index (Phi) is 3.69. The lowest BCUT2D eigenvalue weighted by atomic mass is 10.2. The molecule has 3 nitrogen and oxygen atoms in total. The minimum atomic E-state index is -4.47. The van der Waals surface area contributed by atoms with Crippen molar-refractivity contribution in [2.75, 3.05) is 5.75 Å². The van der Waals surface area contributed by atoms with Crippen LogP contribution in [0.4, 0.5) is 3.89 Å². The van der Waals surface area contributed by atoms with E-state index in [4.69, 9.17) is 23.2 Å². The van der Waals surface area contributed by atoms with Gasteiger partial charge in [0.25, 0.3) is 0 Å². The first-order valence-electron chi connectivity index (χ1n) is 3.61. The molecule has 78 valence electrons. The van der Waals surface area contributed by atoms with Gasteiger partial charge in [-0.05, 0) is 18.1 Å². The summed E-state index contributed by atoms with van der Waals surface area (Å²) in [6.45, 7) is 0. The maximum atomic E-state index is 12.2. The number of halogens is 3. The highest BCUT2D eigenvalue weighted by Gasteiger charge is 2.10. The summed E-state index contributed by atoms with van der Waals surface area (Å²) in [4.78, 5) is 3.70. The third-order valence-corrected chi connectivity index (χ3v) is 2.76. The van der Waals surface area contributed by atoms with E-state index in [1.807, 2.05) is 0 Å². The Morgan fingerprint density at radius 1 is 1.43 bits per heavy atom. The zero-order valence-electron chi connectivity index (χ0n) is 6.87. The summed E-state index contributed by atoms with van der Waals surface area (Å²) in [6, 6.07) is 1.38. The van der Waals surface area contributed by atoms with Crippen molar-refractivity contribution in [2.45, 2.75) is 6.42 Å². The molecule has 0 amide bonds. The van der Waals surface area contributed by atoms with Crippen LogP contribution in [0.15, 0.2) is 12.3 Å². The van der Waals surface area contributed by atoms with Crippen LogP contribution < -0.4 is 0 Å². The molecule has 0 N–H and O–H groups in total. The van der Waals surface area contributed by atoms with Crippen molar-refractivity contribution in [2.24, 2.45) is 0 Å². The molecule has 0 aromatic carbocycles. The number of aromatic nitrogens is 1. The molecule has 0 atom stereocenters. The summed E-state index contributed by atoms with van der Waals surface area (Å²) >= 11 is 11.2. The smallest absolute Gasteiger partial charge is 0.244 e. The number of hydrogen-bond donors (Lipinski definition) is 0. The minimum absolute atomic E-state index is 0.0121. The van der Waals surface area contributed by atoms with Gasteiger partial charge in [-0.25, -0.2) is 4.98 Å². The van der Waals surface area contributed by atoms with Crippen LogP contribution in [0.25, 0.3) is 0 Å². The molecular formula is C7H6Cl2FNO2S. The van der Waals surface area contributed by atoms with E-state index in [0.29, 0.717) is 5.56 Å². The fourth-order valence-corrected chi connectivity index (χ4v) is 1.78. The van der Waals surface area contributed by atoms with E-state index in [1.165, 1.54) is 12.3 Å². The largest absolute Gasteiger partial charge is 0.302 e. The van der Waals surface area contributed by atoms with Gasteiger partial charge in [-0.2, -0.15) is 8.42 Å². The third kappa shape index (κ3) is 3.77. The normalized spacial score (nSPS) is 11.6. The number of pyridine rings is 1. The summed E-state index contributed by atoms with van der Waals surface area (Å²) < 4.78 is 32.6. The standard InChI is InChI=1S/C7H6Cl2FNO2S/c8-6-3-7(9)11-4-5(6)1-2-14(10,12)13/h3-4H,1-2H2. The van der Waals surface area contributed by atoms with E-state index in [-0.39, 0.29) is 16.6 Å². The van der Waals surface area contributed by atoms with Crippen LogP contribution in [0.3, 0.4) is 0 Å². The average Bonchev–Trinajstić information content (AvgIpc) is 2.00. The minimum Gasteiger partial charge on any atom is -0.244 e. The molecule has 1 aromatic rings. The molecule has 0 unspecified atom stereocenters. The molecule has 0 saturated carbocycles. The molecule has 1 rings (SSSR count). The van der Waals surface area contributed by atoms with Gasteiger partial charge >= 0.3 is 10.2 Å². The molecular weight excluding hydrogens is 252 g/mol. The van der Waals surface area contributed by atoms with Crippen LogP contribution in [0.5, 0.6) is 0 Å². The molecule has 0 aliphatic heterocycles. The van der Waals surface area contributed by atoms with E-state index in [9.17, 15) is 12.3 Å². The molecule has 14 heavy (non-hydrogen) atoms. The second kappa shape index (κ2) is 4.42. The summed E-state index contributed by atoms with van der Waals surface area (Å²) in [5.41, 5.74) is 0.456. The second-order valence-electron chi connectivity index (χ2n) is 2.59. The lowest BCUT2D eigenvalue weighted by Crippen LogP contribution is -2.02. The zero-order valence-corrected chi connectivity index (χ0v) is 9.20. The average molecular weight is 258 g/mol. The van der Waals surface area contributed by atoms with Crippen LogP contribution in [-0.2, 0) is 16.6 Å². The SMILES string of the molecule is O=S(=O)(F)CCc1cnc(Cl)cc1Cl. The highest BCUT2D eigenvalue weighted by Crippen LogP contribution is 2.19. The summed E-state index contributed by atoms with van der Waals surface area (Å²) in [5.74, 6) is -0.601. The van der Waals surface area contributed by atoms with Gasteiger partial charge in [0.15, 0.2) is 0 Å². The van der Waals surface area contributed by atoms with Crippen molar-refractivity contribution in [3.8, 4) is 0 Å². The van der Waals surface area contributed by atoms with Crippen LogP contribution in [-0.4, -0.2) is 19.2 Å². The van der Waals surface area contributed by atoms with Crippen LogP contribution in [0.2, 0.25) is 10.2 Å². The van der Waals surface area contributed by atoms with Gasteiger partial charge in [-0.1, -0.05) is 23.2 Å². The molecule has 0 saturated heterocycles. The highest BCUT2D eigenvalue weighted by molar-refractivity contribution is 7.86. The number of hydrogen-bond acceptors (Lipinski definition) is 3. The first-order chi connectivity index (χ1) is 6.38. The summed E-state index contributed by atoms with van der Waals surface area (Å²) in [5, 5.41) is 0.496.